The molecule has 0 radical (unpaired) electrons. The van der Waals surface area contributed by atoms with Crippen molar-refractivity contribution in [1.82, 2.24) is 4.90 Å². The van der Waals surface area contributed by atoms with Gasteiger partial charge in [0, 0.05) is 6.04 Å². The number of carboxylic acid groups (broad SMARTS) is 2. The van der Waals surface area contributed by atoms with Crippen LogP contribution in [0.25, 0.3) is 0 Å². The van der Waals surface area contributed by atoms with Gasteiger partial charge in [0.05, 0.1) is 13.1 Å². The summed E-state index contributed by atoms with van der Waals surface area (Å²) in [4.78, 5) is 23.3. The fourth-order valence-electron chi connectivity index (χ4n) is 2.13. The fraction of sp³-hybridized carbons (Fsp3) is 0.429. The van der Waals surface area contributed by atoms with Crippen LogP contribution in [0, 0.1) is 0 Å². The van der Waals surface area contributed by atoms with Gasteiger partial charge in [0.25, 0.3) is 0 Å². The SMILES string of the molecule is CCCC(c1ccccc1)N(CC(=O)O)CC(=O)O. The van der Waals surface area contributed by atoms with Gasteiger partial charge in [0.15, 0.2) is 0 Å². The molecule has 0 saturated heterocycles. The Morgan fingerprint density at radius 3 is 2.05 bits per heavy atom. The summed E-state index contributed by atoms with van der Waals surface area (Å²) in [6, 6.07) is 9.24. The summed E-state index contributed by atoms with van der Waals surface area (Å²) in [5.74, 6) is -2.03. The van der Waals surface area contributed by atoms with E-state index in [4.69, 9.17) is 10.2 Å². The lowest BCUT2D eigenvalue weighted by Gasteiger charge is -2.29. The molecule has 1 unspecified atom stereocenters. The van der Waals surface area contributed by atoms with Gasteiger partial charge >= 0.3 is 11.9 Å². The number of aliphatic carboxylic acids is 2. The number of carboxylic acids is 2. The Morgan fingerprint density at radius 2 is 1.63 bits per heavy atom. The molecule has 0 aliphatic carbocycles. The van der Waals surface area contributed by atoms with Crippen molar-refractivity contribution >= 4 is 11.9 Å². The Labute approximate surface area is 112 Å². The first-order valence-corrected chi connectivity index (χ1v) is 6.27. The topological polar surface area (TPSA) is 77.8 Å². The summed E-state index contributed by atoms with van der Waals surface area (Å²) in [5.41, 5.74) is 0.951. The third-order valence-corrected chi connectivity index (χ3v) is 2.86. The molecule has 0 aliphatic heterocycles. The molecule has 2 N–H and O–H groups in total. The molecule has 104 valence electrons. The predicted octanol–water partition coefficient (Wildman–Crippen LogP) is 2.00. The van der Waals surface area contributed by atoms with E-state index in [-0.39, 0.29) is 19.1 Å². The van der Waals surface area contributed by atoms with Gasteiger partial charge in [0.1, 0.15) is 0 Å². The normalized spacial score (nSPS) is 12.3. The molecule has 0 spiro atoms. The van der Waals surface area contributed by atoms with E-state index >= 15 is 0 Å². The van der Waals surface area contributed by atoms with Crippen molar-refractivity contribution < 1.29 is 19.8 Å². The Balaban J connectivity index is 2.97. The second-order valence-corrected chi connectivity index (χ2v) is 4.41. The number of hydrogen-bond acceptors (Lipinski definition) is 3. The van der Waals surface area contributed by atoms with Gasteiger partial charge in [0.2, 0.25) is 0 Å². The van der Waals surface area contributed by atoms with Gasteiger partial charge in [-0.3, -0.25) is 14.5 Å². The van der Waals surface area contributed by atoms with Crippen molar-refractivity contribution in [2.24, 2.45) is 0 Å². The van der Waals surface area contributed by atoms with Crippen molar-refractivity contribution in [1.29, 1.82) is 0 Å². The van der Waals surface area contributed by atoms with Crippen LogP contribution in [0.4, 0.5) is 0 Å². The third-order valence-electron chi connectivity index (χ3n) is 2.86. The summed E-state index contributed by atoms with van der Waals surface area (Å²) in [5, 5.41) is 17.9. The van der Waals surface area contributed by atoms with E-state index in [1.165, 1.54) is 4.90 Å². The molecule has 1 rings (SSSR count). The zero-order valence-corrected chi connectivity index (χ0v) is 11.0. The minimum absolute atomic E-state index is 0.182. The molecule has 0 saturated carbocycles. The standard InChI is InChI=1S/C14H19NO4/c1-2-6-12(11-7-4-3-5-8-11)15(9-13(16)17)10-14(18)19/h3-5,7-8,12H,2,6,9-10H2,1H3,(H,16,17)(H,18,19). The maximum Gasteiger partial charge on any atom is 0.317 e. The molecule has 0 heterocycles. The van der Waals surface area contributed by atoms with Gasteiger partial charge in [-0.05, 0) is 12.0 Å². The molecule has 5 heteroatoms. The van der Waals surface area contributed by atoms with Crippen LogP contribution >= 0.6 is 0 Å². The molecule has 0 bridgehead atoms. The summed E-state index contributed by atoms with van der Waals surface area (Å²) < 4.78 is 0. The van der Waals surface area contributed by atoms with Crippen molar-refractivity contribution in [2.45, 2.75) is 25.8 Å². The molecule has 0 aromatic heterocycles. The number of hydrogen-bond donors (Lipinski definition) is 2. The summed E-state index contributed by atoms with van der Waals surface area (Å²) >= 11 is 0. The highest BCUT2D eigenvalue weighted by Crippen LogP contribution is 2.25. The lowest BCUT2D eigenvalue weighted by Crippen LogP contribution is -2.37. The summed E-state index contributed by atoms with van der Waals surface area (Å²) in [6.45, 7) is 1.45. The van der Waals surface area contributed by atoms with Crippen LogP contribution in [0.5, 0.6) is 0 Å². The zero-order valence-electron chi connectivity index (χ0n) is 11.0. The van der Waals surface area contributed by atoms with Gasteiger partial charge in [-0.15, -0.1) is 0 Å². The maximum atomic E-state index is 10.9. The van der Waals surface area contributed by atoms with E-state index in [0.717, 1.165) is 18.4 Å². The van der Waals surface area contributed by atoms with Crippen molar-refractivity contribution in [3.63, 3.8) is 0 Å². The summed E-state index contributed by atoms with van der Waals surface area (Å²) in [7, 11) is 0. The second-order valence-electron chi connectivity index (χ2n) is 4.41. The molecule has 1 aromatic carbocycles. The largest absolute Gasteiger partial charge is 0.480 e. The van der Waals surface area contributed by atoms with Gasteiger partial charge < -0.3 is 10.2 Å². The number of carbonyl (C=O) groups is 2. The van der Waals surface area contributed by atoms with Crippen LogP contribution in [0.15, 0.2) is 30.3 Å². The third kappa shape index (κ3) is 5.09. The quantitative estimate of drug-likeness (QED) is 0.751. The Morgan fingerprint density at radius 1 is 1.11 bits per heavy atom. The highest BCUT2D eigenvalue weighted by molar-refractivity contribution is 5.72. The first-order chi connectivity index (χ1) is 9.04. The highest BCUT2D eigenvalue weighted by atomic mass is 16.4. The Hall–Kier alpha value is -1.88. The second kappa shape index (κ2) is 7.53. The minimum atomic E-state index is -1.02. The Bertz CT molecular complexity index is 403. The average Bonchev–Trinajstić information content (AvgIpc) is 2.35. The van der Waals surface area contributed by atoms with Crippen molar-refractivity contribution in [3.8, 4) is 0 Å². The van der Waals surface area contributed by atoms with Crippen molar-refractivity contribution in [3.05, 3.63) is 35.9 Å². The maximum absolute atomic E-state index is 10.9. The van der Waals surface area contributed by atoms with Crippen LogP contribution in [-0.2, 0) is 9.59 Å². The first kappa shape index (κ1) is 15.2. The van der Waals surface area contributed by atoms with E-state index in [9.17, 15) is 9.59 Å². The van der Waals surface area contributed by atoms with Gasteiger partial charge in [-0.2, -0.15) is 0 Å². The lowest BCUT2D eigenvalue weighted by molar-refractivity contribution is -0.143. The van der Waals surface area contributed by atoms with Crippen LogP contribution < -0.4 is 0 Å². The van der Waals surface area contributed by atoms with Crippen LogP contribution in [0.3, 0.4) is 0 Å². The molecule has 0 aliphatic rings. The van der Waals surface area contributed by atoms with E-state index in [1.54, 1.807) is 0 Å². The number of benzene rings is 1. The van der Waals surface area contributed by atoms with E-state index < -0.39 is 11.9 Å². The molecule has 0 amide bonds. The van der Waals surface area contributed by atoms with Gasteiger partial charge in [-0.25, -0.2) is 0 Å². The zero-order chi connectivity index (χ0) is 14.3. The number of rotatable bonds is 8. The molecule has 5 nitrogen and oxygen atoms in total. The minimum Gasteiger partial charge on any atom is -0.480 e. The smallest absolute Gasteiger partial charge is 0.317 e. The fourth-order valence-corrected chi connectivity index (χ4v) is 2.13. The molecule has 1 aromatic rings. The molecule has 1 atom stereocenters. The molecule has 19 heavy (non-hydrogen) atoms. The predicted molar refractivity (Wildman–Crippen MR) is 70.9 cm³/mol. The highest BCUT2D eigenvalue weighted by Gasteiger charge is 2.23. The van der Waals surface area contributed by atoms with Crippen LogP contribution in [-0.4, -0.2) is 40.1 Å². The first-order valence-electron chi connectivity index (χ1n) is 6.27. The number of nitrogens with zero attached hydrogens (tertiary/aromatic N) is 1. The molecule has 0 fully saturated rings. The monoisotopic (exact) mass is 265 g/mol. The van der Waals surface area contributed by atoms with Crippen molar-refractivity contribution in [2.75, 3.05) is 13.1 Å². The Kier molecular flexibility index (Phi) is 6.02. The van der Waals surface area contributed by atoms with Crippen LogP contribution in [0.2, 0.25) is 0 Å². The average molecular weight is 265 g/mol. The van der Waals surface area contributed by atoms with E-state index in [1.807, 2.05) is 37.3 Å². The van der Waals surface area contributed by atoms with E-state index in [0.29, 0.717) is 0 Å². The summed E-state index contributed by atoms with van der Waals surface area (Å²) in [6.07, 6.45) is 1.58. The van der Waals surface area contributed by atoms with E-state index in [2.05, 4.69) is 0 Å². The molecular formula is C14H19NO4. The molecular weight excluding hydrogens is 246 g/mol. The lowest BCUT2D eigenvalue weighted by atomic mass is 10.0. The van der Waals surface area contributed by atoms with Crippen LogP contribution in [0.1, 0.15) is 31.4 Å². The van der Waals surface area contributed by atoms with Gasteiger partial charge in [-0.1, -0.05) is 43.7 Å².